The van der Waals surface area contributed by atoms with Crippen molar-refractivity contribution >= 4 is 0 Å². The van der Waals surface area contributed by atoms with Crippen molar-refractivity contribution in [3.8, 4) is 5.75 Å². The highest BCUT2D eigenvalue weighted by atomic mass is 16.5. The predicted octanol–water partition coefficient (Wildman–Crippen LogP) is 2.39. The van der Waals surface area contributed by atoms with E-state index >= 15 is 0 Å². The van der Waals surface area contributed by atoms with Gasteiger partial charge in [0.15, 0.2) is 5.75 Å². The number of hydrogen-bond acceptors (Lipinski definition) is 2. The summed E-state index contributed by atoms with van der Waals surface area (Å²) in [7, 11) is 0. The van der Waals surface area contributed by atoms with Crippen LogP contribution in [0.15, 0.2) is 46.8 Å². The second-order valence-corrected chi connectivity index (χ2v) is 3.23. The Hall–Kier alpha value is -1.57. The molecular weight excluding hydrogens is 176 g/mol. The Morgan fingerprint density at radius 3 is 2.71 bits per heavy atom. The van der Waals surface area contributed by atoms with Crippen molar-refractivity contribution in [3.63, 3.8) is 0 Å². The molecule has 0 radical (unpaired) electrons. The topological polar surface area (TPSA) is 26.3 Å². The van der Waals surface area contributed by atoms with Crippen molar-refractivity contribution in [1.29, 1.82) is 0 Å². The van der Waals surface area contributed by atoms with Crippen molar-refractivity contribution in [2.24, 2.45) is 0 Å². The van der Waals surface area contributed by atoms with Gasteiger partial charge in [0.2, 0.25) is 5.43 Å². The Kier molecular flexibility index (Phi) is 3.92. The van der Waals surface area contributed by atoms with Gasteiger partial charge < -0.3 is 4.74 Å². The third-order valence-electron chi connectivity index (χ3n) is 1.69. The number of hydrogen-bond donors (Lipinski definition) is 0. The van der Waals surface area contributed by atoms with Crippen molar-refractivity contribution in [2.75, 3.05) is 6.61 Å². The average Bonchev–Trinajstić information content (AvgIpc) is 2.31. The van der Waals surface area contributed by atoms with E-state index < -0.39 is 0 Å². The lowest BCUT2D eigenvalue weighted by molar-refractivity contribution is 0.359. The monoisotopic (exact) mass is 190 g/mol. The SMILES string of the molecule is CC(C)=CCOc1cccccc1=O. The summed E-state index contributed by atoms with van der Waals surface area (Å²) in [5.74, 6) is 0.396. The Morgan fingerprint density at radius 1 is 1.29 bits per heavy atom. The Labute approximate surface area is 83.9 Å². The summed E-state index contributed by atoms with van der Waals surface area (Å²) in [6.07, 6.45) is 1.94. The lowest BCUT2D eigenvalue weighted by Gasteiger charge is -1.99. The van der Waals surface area contributed by atoms with Gasteiger partial charge in [-0.15, -0.1) is 0 Å². The fourth-order valence-electron chi connectivity index (χ4n) is 0.932. The molecule has 0 fully saturated rings. The van der Waals surface area contributed by atoms with E-state index in [0.717, 1.165) is 0 Å². The largest absolute Gasteiger partial charge is 0.485 e. The van der Waals surface area contributed by atoms with Gasteiger partial charge in [-0.1, -0.05) is 23.8 Å². The molecule has 0 atom stereocenters. The average molecular weight is 190 g/mol. The van der Waals surface area contributed by atoms with Gasteiger partial charge in [-0.2, -0.15) is 0 Å². The van der Waals surface area contributed by atoms with Gasteiger partial charge in [0, 0.05) is 0 Å². The lowest BCUT2D eigenvalue weighted by atomic mass is 10.3. The summed E-state index contributed by atoms with van der Waals surface area (Å²) in [4.78, 5) is 11.3. The molecule has 1 aromatic rings. The van der Waals surface area contributed by atoms with Gasteiger partial charge in [0.05, 0.1) is 0 Å². The molecule has 0 amide bonds. The van der Waals surface area contributed by atoms with Gasteiger partial charge in [0.1, 0.15) is 6.61 Å². The molecule has 0 spiro atoms. The third kappa shape index (κ3) is 3.44. The van der Waals surface area contributed by atoms with Crippen LogP contribution in [-0.4, -0.2) is 6.61 Å². The molecule has 0 unspecified atom stereocenters. The van der Waals surface area contributed by atoms with Crippen LogP contribution < -0.4 is 10.2 Å². The van der Waals surface area contributed by atoms with Gasteiger partial charge >= 0.3 is 0 Å². The smallest absolute Gasteiger partial charge is 0.220 e. The van der Waals surface area contributed by atoms with E-state index in [0.29, 0.717) is 12.4 Å². The summed E-state index contributed by atoms with van der Waals surface area (Å²) in [5, 5.41) is 0. The van der Waals surface area contributed by atoms with Crippen LogP contribution >= 0.6 is 0 Å². The first-order valence-electron chi connectivity index (χ1n) is 4.55. The molecule has 1 aromatic carbocycles. The zero-order chi connectivity index (χ0) is 10.4. The van der Waals surface area contributed by atoms with Crippen molar-refractivity contribution in [3.05, 3.63) is 52.2 Å². The zero-order valence-electron chi connectivity index (χ0n) is 8.49. The lowest BCUT2D eigenvalue weighted by Crippen LogP contribution is -2.04. The first-order chi connectivity index (χ1) is 6.70. The van der Waals surface area contributed by atoms with Gasteiger partial charge in [0.25, 0.3) is 0 Å². The predicted molar refractivity (Wildman–Crippen MR) is 57.6 cm³/mol. The van der Waals surface area contributed by atoms with E-state index in [4.69, 9.17) is 4.74 Å². The highest BCUT2D eigenvalue weighted by Gasteiger charge is 1.94. The Bertz CT molecular complexity index is 376. The quantitative estimate of drug-likeness (QED) is 0.684. The van der Waals surface area contributed by atoms with E-state index in [1.165, 1.54) is 11.6 Å². The summed E-state index contributed by atoms with van der Waals surface area (Å²) >= 11 is 0. The highest BCUT2D eigenvalue weighted by molar-refractivity contribution is 5.20. The van der Waals surface area contributed by atoms with Crippen LogP contribution in [0.25, 0.3) is 0 Å². The molecule has 0 aromatic heterocycles. The zero-order valence-corrected chi connectivity index (χ0v) is 8.49. The maximum absolute atomic E-state index is 11.3. The van der Waals surface area contributed by atoms with E-state index in [9.17, 15) is 4.79 Å². The molecule has 2 nitrogen and oxygen atoms in total. The van der Waals surface area contributed by atoms with Gasteiger partial charge in [-0.3, -0.25) is 4.79 Å². The van der Waals surface area contributed by atoms with Crippen LogP contribution in [-0.2, 0) is 0 Å². The van der Waals surface area contributed by atoms with E-state index in [1.807, 2.05) is 19.9 Å². The van der Waals surface area contributed by atoms with Crippen LogP contribution in [0.1, 0.15) is 13.8 Å². The molecule has 0 aliphatic carbocycles. The van der Waals surface area contributed by atoms with Crippen LogP contribution in [0.5, 0.6) is 5.75 Å². The van der Waals surface area contributed by atoms with Crippen LogP contribution in [0.4, 0.5) is 0 Å². The molecule has 2 heteroatoms. The molecule has 0 heterocycles. The van der Waals surface area contributed by atoms with Crippen LogP contribution in [0, 0.1) is 0 Å². The summed E-state index contributed by atoms with van der Waals surface area (Å²) in [5.41, 5.74) is 1.09. The maximum atomic E-state index is 11.3. The molecule has 1 rings (SSSR count). The van der Waals surface area contributed by atoms with Gasteiger partial charge in [-0.25, -0.2) is 0 Å². The third-order valence-corrected chi connectivity index (χ3v) is 1.69. The standard InChI is InChI=1S/C12H14O2/c1-10(2)8-9-14-12-7-5-3-4-6-11(12)13/h3-8H,9H2,1-2H3. The molecule has 0 saturated heterocycles. The summed E-state index contributed by atoms with van der Waals surface area (Å²) in [6, 6.07) is 8.48. The van der Waals surface area contributed by atoms with E-state index in [1.54, 1.807) is 24.3 Å². The summed E-state index contributed by atoms with van der Waals surface area (Å²) < 4.78 is 5.32. The highest BCUT2D eigenvalue weighted by Crippen LogP contribution is 2.00. The fourth-order valence-corrected chi connectivity index (χ4v) is 0.932. The first-order valence-corrected chi connectivity index (χ1v) is 4.55. The number of allylic oxidation sites excluding steroid dienone is 1. The molecule has 14 heavy (non-hydrogen) atoms. The molecule has 0 aliphatic rings. The van der Waals surface area contributed by atoms with Gasteiger partial charge in [-0.05, 0) is 32.1 Å². The first kappa shape index (κ1) is 10.5. The Morgan fingerprint density at radius 2 is 2.00 bits per heavy atom. The van der Waals surface area contributed by atoms with Crippen molar-refractivity contribution < 1.29 is 4.74 Å². The second kappa shape index (κ2) is 5.22. The Balaban J connectivity index is 2.74. The molecule has 0 saturated carbocycles. The minimum Gasteiger partial charge on any atom is -0.485 e. The van der Waals surface area contributed by atoms with Crippen molar-refractivity contribution in [2.45, 2.75) is 13.8 Å². The number of ether oxygens (including phenoxy) is 1. The molecule has 0 N–H and O–H groups in total. The maximum Gasteiger partial charge on any atom is 0.220 e. The van der Waals surface area contributed by atoms with E-state index in [2.05, 4.69) is 0 Å². The van der Waals surface area contributed by atoms with Crippen LogP contribution in [0.3, 0.4) is 0 Å². The fraction of sp³-hybridized carbons (Fsp3) is 0.250. The van der Waals surface area contributed by atoms with E-state index in [-0.39, 0.29) is 5.43 Å². The molecule has 74 valence electrons. The minimum absolute atomic E-state index is 0.0860. The summed E-state index contributed by atoms with van der Waals surface area (Å²) in [6.45, 7) is 4.43. The molecule has 0 aliphatic heterocycles. The minimum atomic E-state index is -0.0860. The normalized spacial score (nSPS) is 9.29. The molecule has 0 bridgehead atoms. The molecular formula is C12H14O2. The van der Waals surface area contributed by atoms with Crippen LogP contribution in [0.2, 0.25) is 0 Å². The van der Waals surface area contributed by atoms with Crippen molar-refractivity contribution in [1.82, 2.24) is 0 Å². The number of rotatable bonds is 3. The second-order valence-electron chi connectivity index (χ2n) is 3.23.